The zero-order valence-electron chi connectivity index (χ0n) is 21.0. The Bertz CT molecular complexity index is 1570. The van der Waals surface area contributed by atoms with Crippen molar-refractivity contribution in [3.05, 3.63) is 89.6 Å². The van der Waals surface area contributed by atoms with Crippen LogP contribution in [0, 0.1) is 0 Å². The molecule has 3 heterocycles. The van der Waals surface area contributed by atoms with Crippen molar-refractivity contribution in [3.63, 3.8) is 0 Å². The van der Waals surface area contributed by atoms with Gasteiger partial charge in [-0.1, -0.05) is 42.5 Å². The van der Waals surface area contributed by atoms with Gasteiger partial charge in [-0.15, -0.1) is 8.78 Å². The lowest BCUT2D eigenvalue weighted by molar-refractivity contribution is -0.287. The molecule has 3 aromatic carbocycles. The predicted octanol–water partition coefficient (Wildman–Crippen LogP) is 4.47. The summed E-state index contributed by atoms with van der Waals surface area (Å²) in [4.78, 5) is 28.3. The van der Waals surface area contributed by atoms with Crippen LogP contribution in [0.3, 0.4) is 0 Å². The van der Waals surface area contributed by atoms with E-state index < -0.39 is 6.29 Å². The summed E-state index contributed by atoms with van der Waals surface area (Å²) in [5, 5.41) is 4.12. The summed E-state index contributed by atoms with van der Waals surface area (Å²) < 4.78 is 43.4. The van der Waals surface area contributed by atoms with E-state index in [0.717, 1.165) is 10.9 Å². The molecule has 0 aliphatic carbocycles. The Morgan fingerprint density at radius 3 is 2.64 bits per heavy atom. The molecule has 1 amide bonds. The molecule has 0 bridgehead atoms. The van der Waals surface area contributed by atoms with Gasteiger partial charge >= 0.3 is 6.29 Å². The Morgan fingerprint density at radius 2 is 1.85 bits per heavy atom. The van der Waals surface area contributed by atoms with Crippen molar-refractivity contribution >= 4 is 22.7 Å². The third kappa shape index (κ3) is 4.79. The van der Waals surface area contributed by atoms with Crippen LogP contribution in [0.1, 0.15) is 26.4 Å². The van der Waals surface area contributed by atoms with Gasteiger partial charge in [0.1, 0.15) is 18.0 Å². The van der Waals surface area contributed by atoms with Crippen molar-refractivity contribution in [2.45, 2.75) is 25.3 Å². The second kappa shape index (κ2) is 9.70. The summed E-state index contributed by atoms with van der Waals surface area (Å²) in [7, 11) is 1.56. The number of rotatable bonds is 8. The number of methoxy groups -OCH3 is 1. The number of fused-ring (bicyclic) bond motifs is 4. The molecule has 10 heteroatoms. The van der Waals surface area contributed by atoms with Crippen LogP contribution in [0.5, 0.6) is 17.2 Å². The van der Waals surface area contributed by atoms with Crippen LogP contribution in [0.15, 0.2) is 72.8 Å². The molecule has 0 fully saturated rings. The first-order valence-electron chi connectivity index (χ1n) is 12.5. The first kappa shape index (κ1) is 24.9. The summed E-state index contributed by atoms with van der Waals surface area (Å²) in [6, 6.07) is 21.2. The zero-order valence-corrected chi connectivity index (χ0v) is 21.0. The standard InChI is InChI=1S/C29H25F2N3O5/c1-37-22-10-11-23-20(13-22)14-24-28(36)33(17-26(35)34(23)24)16-21(12-18-6-3-2-4-7-18)32-15-19-8-5-9-25-27(19)39-29(30,31)38-25/h2-11,13-14,21,32H,12,15-17H2,1H3/t21-/m0/s1. The number of nitrogens with zero attached hydrogens (tertiary/aromatic N) is 2. The van der Waals surface area contributed by atoms with Crippen LogP contribution in [-0.2, 0) is 13.0 Å². The molecule has 0 saturated heterocycles. The molecule has 2 aliphatic heterocycles. The van der Waals surface area contributed by atoms with E-state index >= 15 is 0 Å². The summed E-state index contributed by atoms with van der Waals surface area (Å²) in [5.74, 6) is 0.116. The summed E-state index contributed by atoms with van der Waals surface area (Å²) >= 11 is 0. The van der Waals surface area contributed by atoms with Crippen molar-refractivity contribution in [3.8, 4) is 17.2 Å². The monoisotopic (exact) mass is 533 g/mol. The smallest absolute Gasteiger partial charge is 0.497 e. The minimum Gasteiger partial charge on any atom is -0.497 e. The highest BCUT2D eigenvalue weighted by Crippen LogP contribution is 2.43. The van der Waals surface area contributed by atoms with Gasteiger partial charge in [-0.2, -0.15) is 0 Å². The highest BCUT2D eigenvalue weighted by molar-refractivity contribution is 6.09. The van der Waals surface area contributed by atoms with Crippen LogP contribution in [-0.4, -0.2) is 53.8 Å². The Hall–Kier alpha value is -4.44. The minimum absolute atomic E-state index is 0.0161. The number of aromatic nitrogens is 1. The van der Waals surface area contributed by atoms with Gasteiger partial charge in [-0.25, -0.2) is 0 Å². The molecule has 0 saturated carbocycles. The molecule has 1 aromatic heterocycles. The Morgan fingerprint density at radius 1 is 1.03 bits per heavy atom. The third-order valence-electron chi connectivity index (χ3n) is 6.95. The second-order valence-electron chi connectivity index (χ2n) is 9.55. The summed E-state index contributed by atoms with van der Waals surface area (Å²) in [6.07, 6.45) is -3.17. The number of hydrogen-bond acceptors (Lipinski definition) is 6. The van der Waals surface area contributed by atoms with E-state index in [4.69, 9.17) is 9.47 Å². The number of carbonyl (C=O) groups excluding carboxylic acids is 2. The fourth-order valence-corrected chi connectivity index (χ4v) is 5.15. The van der Waals surface area contributed by atoms with Crippen molar-refractivity contribution in [1.29, 1.82) is 0 Å². The molecule has 0 unspecified atom stereocenters. The third-order valence-corrected chi connectivity index (χ3v) is 6.95. The van der Waals surface area contributed by atoms with Gasteiger partial charge in [0.25, 0.3) is 11.8 Å². The molecule has 8 nitrogen and oxygen atoms in total. The van der Waals surface area contributed by atoms with E-state index in [1.165, 1.54) is 15.5 Å². The quantitative estimate of drug-likeness (QED) is 0.360. The van der Waals surface area contributed by atoms with E-state index in [0.29, 0.717) is 28.9 Å². The molecule has 2 aliphatic rings. The van der Waals surface area contributed by atoms with Crippen LogP contribution in [0.25, 0.3) is 10.9 Å². The molecular weight excluding hydrogens is 508 g/mol. The highest BCUT2D eigenvalue weighted by Gasteiger charge is 2.44. The van der Waals surface area contributed by atoms with E-state index in [1.54, 1.807) is 43.5 Å². The van der Waals surface area contributed by atoms with Crippen molar-refractivity contribution in [1.82, 2.24) is 14.8 Å². The summed E-state index contributed by atoms with van der Waals surface area (Å²) in [5.41, 5.74) is 2.47. The normalized spacial score (nSPS) is 16.4. The average molecular weight is 534 g/mol. The van der Waals surface area contributed by atoms with Gasteiger partial charge in [0, 0.05) is 30.1 Å². The number of benzene rings is 3. The lowest BCUT2D eigenvalue weighted by Crippen LogP contribution is -2.50. The van der Waals surface area contributed by atoms with Crippen LogP contribution < -0.4 is 19.5 Å². The highest BCUT2D eigenvalue weighted by atomic mass is 19.3. The fraction of sp³-hybridized carbons (Fsp3) is 0.241. The van der Waals surface area contributed by atoms with Gasteiger partial charge in [-0.3, -0.25) is 14.2 Å². The molecule has 1 N–H and O–H groups in total. The lowest BCUT2D eigenvalue weighted by atomic mass is 10.0. The first-order valence-corrected chi connectivity index (χ1v) is 12.5. The molecule has 0 spiro atoms. The molecule has 200 valence electrons. The van der Waals surface area contributed by atoms with E-state index in [9.17, 15) is 18.4 Å². The largest absolute Gasteiger partial charge is 0.586 e. The molecule has 0 radical (unpaired) electrons. The Balaban J connectivity index is 1.25. The van der Waals surface area contributed by atoms with Crippen LogP contribution >= 0.6 is 0 Å². The number of hydrogen-bond donors (Lipinski definition) is 1. The van der Waals surface area contributed by atoms with Crippen LogP contribution in [0.4, 0.5) is 8.78 Å². The number of nitrogens with one attached hydrogen (secondary N) is 1. The number of alkyl halides is 2. The molecule has 1 atom stereocenters. The number of carbonyl (C=O) groups is 2. The first-order chi connectivity index (χ1) is 18.8. The van der Waals surface area contributed by atoms with Crippen molar-refractivity contribution < 1.29 is 32.6 Å². The van der Waals surface area contributed by atoms with Gasteiger partial charge in [0.15, 0.2) is 11.5 Å². The maximum Gasteiger partial charge on any atom is 0.586 e. The van der Waals surface area contributed by atoms with Gasteiger partial charge < -0.3 is 24.4 Å². The van der Waals surface area contributed by atoms with E-state index in [-0.39, 0.29) is 49.0 Å². The Kier molecular flexibility index (Phi) is 6.19. The predicted molar refractivity (Wildman–Crippen MR) is 138 cm³/mol. The second-order valence-corrected chi connectivity index (χ2v) is 9.55. The molecule has 6 rings (SSSR count). The number of amides is 1. The van der Waals surface area contributed by atoms with Crippen molar-refractivity contribution in [2.24, 2.45) is 0 Å². The zero-order chi connectivity index (χ0) is 27.1. The van der Waals surface area contributed by atoms with Crippen LogP contribution in [0.2, 0.25) is 0 Å². The topological polar surface area (TPSA) is 82.0 Å². The maximum absolute atomic E-state index is 13.7. The molecular formula is C29H25F2N3O5. The Labute approximate surface area is 222 Å². The number of para-hydroxylation sites is 1. The van der Waals surface area contributed by atoms with Gasteiger partial charge in [0.2, 0.25) is 0 Å². The van der Waals surface area contributed by atoms with Crippen molar-refractivity contribution in [2.75, 3.05) is 20.2 Å². The number of ether oxygens (including phenoxy) is 3. The van der Waals surface area contributed by atoms with Gasteiger partial charge in [-0.05, 0) is 42.3 Å². The summed E-state index contributed by atoms with van der Waals surface area (Å²) in [6.45, 7) is 0.335. The number of halogens is 2. The minimum atomic E-state index is -3.72. The van der Waals surface area contributed by atoms with Gasteiger partial charge in [0.05, 0.1) is 12.6 Å². The average Bonchev–Trinajstić information content (AvgIpc) is 3.47. The van der Waals surface area contributed by atoms with E-state index in [1.807, 2.05) is 30.3 Å². The lowest BCUT2D eigenvalue weighted by Gasteiger charge is -2.31. The maximum atomic E-state index is 13.7. The fourth-order valence-electron chi connectivity index (χ4n) is 5.15. The molecule has 4 aromatic rings. The van der Waals surface area contributed by atoms with E-state index in [2.05, 4.69) is 10.1 Å². The SMILES string of the molecule is COc1ccc2c(c1)cc1n2C(=O)CN(C[C@H](Cc2ccccc2)NCc2cccc3c2OC(F)(F)O3)C1=O. The molecule has 39 heavy (non-hydrogen) atoms.